The van der Waals surface area contributed by atoms with Crippen LogP contribution < -0.4 is 11.4 Å². The lowest BCUT2D eigenvalue weighted by atomic mass is 10.2. The summed E-state index contributed by atoms with van der Waals surface area (Å²) in [6.45, 7) is 4.27. The first-order valence-corrected chi connectivity index (χ1v) is 7.47. The number of nitro benzene ring substituents is 3. The summed E-state index contributed by atoms with van der Waals surface area (Å²) < 4.78 is 5.02. The van der Waals surface area contributed by atoms with Crippen LogP contribution in [0.3, 0.4) is 0 Å². The highest BCUT2D eigenvalue weighted by Gasteiger charge is 2.30. The van der Waals surface area contributed by atoms with Crippen LogP contribution in [0.1, 0.15) is 6.92 Å². The van der Waals surface area contributed by atoms with Crippen molar-refractivity contribution in [3.05, 3.63) is 42.5 Å². The Labute approximate surface area is 157 Å². The molecule has 0 aliphatic heterocycles. The van der Waals surface area contributed by atoms with E-state index in [0.717, 1.165) is 0 Å². The van der Waals surface area contributed by atoms with Crippen LogP contribution in [0, 0.1) is 30.3 Å². The molecule has 158 valence electrons. The zero-order valence-electron chi connectivity index (χ0n) is 14.6. The van der Waals surface area contributed by atoms with Gasteiger partial charge in [0.1, 0.15) is 6.61 Å². The lowest BCUT2D eigenvalue weighted by Gasteiger charge is -2.03. The summed E-state index contributed by atoms with van der Waals surface area (Å²) >= 11 is 0. The van der Waals surface area contributed by atoms with Gasteiger partial charge < -0.3 is 14.7 Å². The summed E-state index contributed by atoms with van der Waals surface area (Å²) in [5.41, 5.74) is -0.474. The Bertz CT molecular complexity index is 612. The van der Waals surface area contributed by atoms with E-state index in [4.69, 9.17) is 15.7 Å². The number of aromatic hydroxyl groups is 1. The first-order chi connectivity index (χ1) is 13.3. The summed E-state index contributed by atoms with van der Waals surface area (Å²) in [4.78, 5) is 41.2. The predicted octanol–water partition coefficient (Wildman–Crippen LogP) is 0.483. The Hall–Kier alpha value is -3.02. The standard InChI is InChI=1S/C6H3N3O7.C6H16N2O4/c10-6-4(8(13)14)1-3(7(11)12)2-5(6)9(15)16;1-2-8-12-11-6-4-9-3-5-10-7/h1-2,10H;8H,2-7H2,1H3. The molecule has 0 radical (unpaired) electrons. The van der Waals surface area contributed by atoms with Crippen LogP contribution in [0.25, 0.3) is 0 Å². The van der Waals surface area contributed by atoms with Crippen molar-refractivity contribution in [1.82, 2.24) is 5.48 Å². The van der Waals surface area contributed by atoms with Gasteiger partial charge >= 0.3 is 11.4 Å². The van der Waals surface area contributed by atoms with Crippen molar-refractivity contribution < 1.29 is 39.3 Å². The van der Waals surface area contributed by atoms with Crippen LogP contribution in [0.4, 0.5) is 17.1 Å². The van der Waals surface area contributed by atoms with Gasteiger partial charge in [0.05, 0.1) is 46.7 Å². The van der Waals surface area contributed by atoms with E-state index in [-0.39, 0.29) is 0 Å². The number of phenols is 1. The largest absolute Gasteiger partial charge is 0.497 e. The summed E-state index contributed by atoms with van der Waals surface area (Å²) in [5.74, 6) is 3.56. The molecule has 0 unspecified atom stereocenters. The number of ether oxygens (including phenoxy) is 1. The Kier molecular flexibility index (Phi) is 12.6. The molecule has 1 aromatic rings. The van der Waals surface area contributed by atoms with Crippen LogP contribution in [-0.4, -0.2) is 52.8 Å². The Morgan fingerprint density at radius 3 is 1.96 bits per heavy atom. The highest BCUT2D eigenvalue weighted by molar-refractivity contribution is 5.64. The molecule has 0 atom stereocenters. The van der Waals surface area contributed by atoms with E-state index in [9.17, 15) is 30.3 Å². The number of phenolic OH excluding ortho intramolecular Hbond substituents is 1. The van der Waals surface area contributed by atoms with Crippen LogP contribution >= 0.6 is 0 Å². The maximum atomic E-state index is 10.4. The van der Waals surface area contributed by atoms with E-state index in [1.54, 1.807) is 0 Å². The minimum Gasteiger partial charge on any atom is -0.497 e. The number of nitrogens with two attached hydrogens (primary N) is 1. The average Bonchev–Trinajstić information content (AvgIpc) is 2.64. The summed E-state index contributed by atoms with van der Waals surface area (Å²) in [6, 6.07) is 0.894. The van der Waals surface area contributed by atoms with Gasteiger partial charge in [0.25, 0.3) is 11.4 Å². The zero-order chi connectivity index (χ0) is 21.5. The molecule has 1 rings (SSSR count). The molecule has 0 fully saturated rings. The fourth-order valence-electron chi connectivity index (χ4n) is 1.42. The van der Waals surface area contributed by atoms with Crippen LogP contribution in [0.15, 0.2) is 12.1 Å². The lowest BCUT2D eigenvalue weighted by molar-refractivity contribution is -0.404. The van der Waals surface area contributed by atoms with Gasteiger partial charge in [-0.3, -0.25) is 30.3 Å². The monoisotopic (exact) mass is 409 g/mol. The molecule has 4 N–H and O–H groups in total. The fraction of sp³-hybridized carbons (Fsp3) is 0.500. The van der Waals surface area contributed by atoms with E-state index in [0.29, 0.717) is 45.1 Å². The van der Waals surface area contributed by atoms with Crippen molar-refractivity contribution in [3.63, 3.8) is 0 Å². The maximum Gasteiger partial charge on any atom is 0.324 e. The molecule has 0 saturated carbocycles. The molecule has 0 heterocycles. The molecule has 0 aliphatic carbocycles. The Morgan fingerprint density at radius 1 is 1.00 bits per heavy atom. The zero-order valence-corrected chi connectivity index (χ0v) is 14.6. The second-order valence-electron chi connectivity index (χ2n) is 4.49. The molecule has 0 aliphatic rings. The van der Waals surface area contributed by atoms with Crippen molar-refractivity contribution in [2.45, 2.75) is 6.92 Å². The minimum atomic E-state index is -1.21. The van der Waals surface area contributed by atoms with Crippen molar-refractivity contribution in [2.24, 2.45) is 5.90 Å². The third-order valence-electron chi connectivity index (χ3n) is 2.58. The minimum absolute atomic E-state index is 0.373. The molecule has 16 nitrogen and oxygen atoms in total. The van der Waals surface area contributed by atoms with Gasteiger partial charge in [0, 0.05) is 6.54 Å². The lowest BCUT2D eigenvalue weighted by Crippen LogP contribution is -2.17. The van der Waals surface area contributed by atoms with Crippen molar-refractivity contribution >= 4 is 17.1 Å². The van der Waals surface area contributed by atoms with E-state index >= 15 is 0 Å². The number of hydrogen-bond acceptors (Lipinski definition) is 13. The quantitative estimate of drug-likeness (QED) is 0.185. The van der Waals surface area contributed by atoms with Crippen LogP contribution in [0.5, 0.6) is 5.75 Å². The van der Waals surface area contributed by atoms with Crippen molar-refractivity contribution in [1.29, 1.82) is 0 Å². The summed E-state index contributed by atoms with van der Waals surface area (Å²) in [5, 5.41) is 40.2. The number of nitrogens with one attached hydrogen (secondary N) is 1. The van der Waals surface area contributed by atoms with E-state index in [1.807, 2.05) is 6.92 Å². The predicted molar refractivity (Wildman–Crippen MR) is 89.7 cm³/mol. The fourth-order valence-corrected chi connectivity index (χ4v) is 1.42. The van der Waals surface area contributed by atoms with Gasteiger partial charge in [0.15, 0.2) is 0 Å². The number of non-ortho nitro benzene ring substituents is 1. The number of nitrogens with zero attached hydrogens (tertiary/aromatic N) is 3. The van der Waals surface area contributed by atoms with Crippen LogP contribution in [-0.2, 0) is 19.5 Å². The molecule has 0 aromatic heterocycles. The van der Waals surface area contributed by atoms with Crippen molar-refractivity contribution in [2.75, 3.05) is 33.0 Å². The molecule has 28 heavy (non-hydrogen) atoms. The summed E-state index contributed by atoms with van der Waals surface area (Å²) in [6.07, 6.45) is 0. The van der Waals surface area contributed by atoms with Gasteiger partial charge in [0.2, 0.25) is 0 Å². The number of rotatable bonds is 12. The Morgan fingerprint density at radius 2 is 1.54 bits per heavy atom. The van der Waals surface area contributed by atoms with E-state index < -0.39 is 37.6 Å². The SMILES string of the molecule is CCNOOCCOCCON.O=[N+]([O-])c1cc([N+](=O)[O-])c(O)c([N+](=O)[O-])c1. The summed E-state index contributed by atoms with van der Waals surface area (Å²) in [7, 11) is 0. The topological polar surface area (TPSA) is 225 Å². The first kappa shape index (κ1) is 25.0. The third kappa shape index (κ3) is 9.62. The number of benzene rings is 1. The molecule has 1 aromatic carbocycles. The molecule has 0 spiro atoms. The second kappa shape index (κ2) is 14.1. The van der Waals surface area contributed by atoms with Crippen molar-refractivity contribution in [3.8, 4) is 5.75 Å². The van der Waals surface area contributed by atoms with E-state index in [2.05, 4.69) is 20.2 Å². The Balaban J connectivity index is 0.000000546. The van der Waals surface area contributed by atoms with Gasteiger partial charge in [-0.1, -0.05) is 6.92 Å². The molecule has 0 saturated heterocycles. The smallest absolute Gasteiger partial charge is 0.324 e. The number of hydroxylamine groups is 1. The average molecular weight is 409 g/mol. The normalized spacial score (nSPS) is 10.1. The second-order valence-corrected chi connectivity index (χ2v) is 4.49. The van der Waals surface area contributed by atoms with Gasteiger partial charge in [-0.05, 0) is 0 Å². The van der Waals surface area contributed by atoms with Crippen LogP contribution in [0.2, 0.25) is 0 Å². The number of hydrogen-bond donors (Lipinski definition) is 3. The first-order valence-electron chi connectivity index (χ1n) is 7.47. The highest BCUT2D eigenvalue weighted by Crippen LogP contribution is 2.38. The van der Waals surface area contributed by atoms with Gasteiger partial charge in [-0.15, -0.1) is 4.99 Å². The molecule has 0 bridgehead atoms. The third-order valence-corrected chi connectivity index (χ3v) is 2.58. The molecule has 16 heteroatoms. The molecular weight excluding hydrogens is 390 g/mol. The highest BCUT2D eigenvalue weighted by atomic mass is 17.3. The maximum absolute atomic E-state index is 10.4. The molecular formula is C12H19N5O11. The number of nitro groups is 3. The molecule has 0 amide bonds. The van der Waals surface area contributed by atoms with Gasteiger partial charge in [-0.2, -0.15) is 5.48 Å². The van der Waals surface area contributed by atoms with E-state index in [1.165, 1.54) is 0 Å². The van der Waals surface area contributed by atoms with Gasteiger partial charge in [-0.25, -0.2) is 10.8 Å².